The second-order valence-electron chi connectivity index (χ2n) is 14.1. The number of nitrogens with one attached hydrogen (secondary N) is 6. The molecule has 1 aromatic rings. The van der Waals surface area contributed by atoms with Crippen molar-refractivity contribution in [1.29, 1.82) is 0 Å². The van der Waals surface area contributed by atoms with Crippen LogP contribution in [0.5, 0.6) is 5.75 Å². The lowest BCUT2D eigenvalue weighted by atomic mass is 10.0. The molecule has 22 nitrogen and oxygen atoms in total. The van der Waals surface area contributed by atoms with E-state index in [2.05, 4.69) is 31.9 Å². The van der Waals surface area contributed by atoms with Gasteiger partial charge in [-0.15, -0.1) is 0 Å². The highest BCUT2D eigenvalue weighted by atomic mass is 32.2. The Morgan fingerprint density at radius 3 is 1.62 bits per heavy atom. The Hall–Kier alpha value is -5.52. The molecule has 0 aliphatic rings. The number of hydrogen-bond donors (Lipinski definition) is 13. The SMILES string of the molecule is CSCC[C@H](NC(=O)[C@H](CCC(=O)O)NC(=O)[C@H](Cc1ccc(O)cc1)NC(=O)[C@H](CC(=O)O)NC(=O)[C@H](CO)NC(=O)[C@@H](N)C(C)C)C(=O)N[C@@H](CCCCN)C(=O)O. The standard InChI is InChI=1S/C37H58N8O14S/c1-19(2)30(39)36(57)45-27(18-46)35(56)44-26(17-29(50)51)34(55)43-25(16-20-7-9-21(47)10-8-20)33(54)40-22(11-12-28(48)49)31(52)41-23(13-15-60-3)32(53)42-24(37(58)59)6-4-5-14-38/h7-10,19,22-27,30,46-47H,4-6,11-18,38-39H2,1-3H3,(H,40,54)(H,41,52)(H,42,53)(H,43,55)(H,44,56)(H,45,57)(H,48,49)(H,50,51)(H,58,59)/t22-,23-,24-,25-,26-,27-,30-/m0/s1. The Morgan fingerprint density at radius 2 is 1.12 bits per heavy atom. The van der Waals surface area contributed by atoms with Gasteiger partial charge < -0.3 is 68.9 Å². The summed E-state index contributed by atoms with van der Waals surface area (Å²) in [5.41, 5.74) is 11.6. The van der Waals surface area contributed by atoms with Crippen LogP contribution in [0, 0.1) is 5.92 Å². The third kappa shape index (κ3) is 19.5. The Labute approximate surface area is 350 Å². The van der Waals surface area contributed by atoms with E-state index in [9.17, 15) is 68.7 Å². The van der Waals surface area contributed by atoms with E-state index in [1.807, 2.05) is 0 Å². The highest BCUT2D eigenvalue weighted by Crippen LogP contribution is 2.13. The van der Waals surface area contributed by atoms with E-state index in [4.69, 9.17) is 11.5 Å². The van der Waals surface area contributed by atoms with Gasteiger partial charge in [0.05, 0.1) is 19.1 Å². The number of phenolic OH excluding ortho intramolecular Hbond substituents is 1. The summed E-state index contributed by atoms with van der Waals surface area (Å²) in [6.07, 6.45) is 0.0903. The van der Waals surface area contributed by atoms with E-state index < -0.39 is 122 Å². The van der Waals surface area contributed by atoms with Crippen molar-refractivity contribution in [3.05, 3.63) is 29.8 Å². The predicted molar refractivity (Wildman–Crippen MR) is 216 cm³/mol. The second kappa shape index (κ2) is 27.3. The van der Waals surface area contributed by atoms with Gasteiger partial charge in [-0.2, -0.15) is 11.8 Å². The molecule has 336 valence electrons. The first-order chi connectivity index (χ1) is 28.2. The van der Waals surface area contributed by atoms with E-state index in [1.165, 1.54) is 36.0 Å². The summed E-state index contributed by atoms with van der Waals surface area (Å²) in [5, 5.41) is 62.2. The van der Waals surface area contributed by atoms with Gasteiger partial charge in [-0.25, -0.2) is 4.79 Å². The molecule has 1 aromatic carbocycles. The van der Waals surface area contributed by atoms with E-state index in [0.29, 0.717) is 30.7 Å². The number of aliphatic hydroxyl groups is 1. The molecule has 0 aliphatic carbocycles. The minimum Gasteiger partial charge on any atom is -0.508 e. The molecule has 0 fully saturated rings. The molecule has 23 heteroatoms. The van der Waals surface area contributed by atoms with Crippen LogP contribution in [0.25, 0.3) is 0 Å². The van der Waals surface area contributed by atoms with Gasteiger partial charge >= 0.3 is 17.9 Å². The van der Waals surface area contributed by atoms with Gasteiger partial charge in [0, 0.05) is 12.8 Å². The van der Waals surface area contributed by atoms with Crippen LogP contribution in [0.4, 0.5) is 0 Å². The quantitative estimate of drug-likeness (QED) is 0.0360. The highest BCUT2D eigenvalue weighted by molar-refractivity contribution is 7.98. The van der Waals surface area contributed by atoms with Gasteiger partial charge in [0.1, 0.15) is 42.0 Å². The molecular formula is C37H58N8O14S. The summed E-state index contributed by atoms with van der Waals surface area (Å²) in [6.45, 7) is 2.59. The maximum Gasteiger partial charge on any atom is 0.326 e. The van der Waals surface area contributed by atoms with E-state index in [0.717, 1.165) is 0 Å². The van der Waals surface area contributed by atoms with Crippen molar-refractivity contribution < 1.29 is 68.7 Å². The molecule has 6 amide bonds. The van der Waals surface area contributed by atoms with Crippen molar-refractivity contribution in [2.75, 3.05) is 25.2 Å². The van der Waals surface area contributed by atoms with Crippen LogP contribution in [0.2, 0.25) is 0 Å². The van der Waals surface area contributed by atoms with Gasteiger partial charge in [-0.3, -0.25) is 38.4 Å². The maximum absolute atomic E-state index is 14.0. The summed E-state index contributed by atoms with van der Waals surface area (Å²) in [4.78, 5) is 115. The average Bonchev–Trinajstić information content (AvgIpc) is 3.18. The summed E-state index contributed by atoms with van der Waals surface area (Å²) >= 11 is 1.31. The fourth-order valence-corrected chi connectivity index (χ4v) is 5.85. The largest absolute Gasteiger partial charge is 0.508 e. The number of rotatable bonds is 29. The normalized spacial score (nSPS) is 14.5. The van der Waals surface area contributed by atoms with Gasteiger partial charge in [0.15, 0.2) is 0 Å². The van der Waals surface area contributed by atoms with E-state index >= 15 is 0 Å². The number of carbonyl (C=O) groups excluding carboxylic acids is 6. The number of thioether (sulfide) groups is 1. The van der Waals surface area contributed by atoms with Crippen LogP contribution in [-0.2, 0) is 49.6 Å². The molecule has 1 rings (SSSR count). The average molecular weight is 871 g/mol. The molecule has 7 atom stereocenters. The van der Waals surface area contributed by atoms with Crippen molar-refractivity contribution in [1.82, 2.24) is 31.9 Å². The van der Waals surface area contributed by atoms with Crippen molar-refractivity contribution in [2.24, 2.45) is 17.4 Å². The Balaban J connectivity index is 3.48. The lowest BCUT2D eigenvalue weighted by Crippen LogP contribution is -2.61. The molecule has 0 unspecified atom stereocenters. The van der Waals surface area contributed by atoms with Crippen molar-refractivity contribution in [3.8, 4) is 5.75 Å². The Kier molecular flexibility index (Phi) is 23.9. The summed E-state index contributed by atoms with van der Waals surface area (Å²) in [5.74, 6) is -10.6. The van der Waals surface area contributed by atoms with Gasteiger partial charge in [0.25, 0.3) is 0 Å². The summed E-state index contributed by atoms with van der Waals surface area (Å²) < 4.78 is 0. The monoisotopic (exact) mass is 870 g/mol. The number of hydrogen-bond acceptors (Lipinski definition) is 14. The van der Waals surface area contributed by atoms with Crippen molar-refractivity contribution in [2.45, 2.75) is 108 Å². The van der Waals surface area contributed by atoms with Crippen LogP contribution in [0.3, 0.4) is 0 Å². The minimum absolute atomic E-state index is 0.00897. The number of aliphatic hydroxyl groups excluding tert-OH is 1. The number of carbonyl (C=O) groups is 9. The van der Waals surface area contributed by atoms with E-state index in [-0.39, 0.29) is 30.9 Å². The third-order valence-corrected chi connectivity index (χ3v) is 9.59. The number of unbranched alkanes of at least 4 members (excludes halogenated alkanes) is 1. The topological polar surface area (TPSA) is 379 Å². The van der Waals surface area contributed by atoms with Crippen LogP contribution >= 0.6 is 11.8 Å². The Morgan fingerprint density at radius 1 is 0.633 bits per heavy atom. The van der Waals surface area contributed by atoms with Gasteiger partial charge in [-0.1, -0.05) is 26.0 Å². The van der Waals surface area contributed by atoms with Crippen molar-refractivity contribution in [3.63, 3.8) is 0 Å². The third-order valence-electron chi connectivity index (χ3n) is 8.94. The zero-order valence-corrected chi connectivity index (χ0v) is 34.5. The second-order valence-corrected chi connectivity index (χ2v) is 15.1. The Bertz CT molecular complexity index is 1630. The molecule has 0 aliphatic heterocycles. The fraction of sp³-hybridized carbons (Fsp3) is 0.595. The molecule has 0 aromatic heterocycles. The van der Waals surface area contributed by atoms with Gasteiger partial charge in [0.2, 0.25) is 35.4 Å². The zero-order chi connectivity index (χ0) is 45.5. The first-order valence-electron chi connectivity index (χ1n) is 19.1. The zero-order valence-electron chi connectivity index (χ0n) is 33.7. The number of aromatic hydroxyl groups is 1. The van der Waals surface area contributed by atoms with Crippen LogP contribution < -0.4 is 43.4 Å². The molecule has 0 heterocycles. The van der Waals surface area contributed by atoms with Crippen molar-refractivity contribution >= 4 is 65.1 Å². The fourth-order valence-electron chi connectivity index (χ4n) is 5.38. The van der Waals surface area contributed by atoms with Crippen LogP contribution in [0.1, 0.15) is 64.4 Å². The highest BCUT2D eigenvalue weighted by Gasteiger charge is 2.35. The lowest BCUT2D eigenvalue weighted by Gasteiger charge is -2.27. The number of amides is 6. The van der Waals surface area contributed by atoms with Gasteiger partial charge in [-0.05, 0) is 74.3 Å². The minimum atomic E-state index is -1.90. The molecule has 0 bridgehead atoms. The van der Waals surface area contributed by atoms with E-state index in [1.54, 1.807) is 20.1 Å². The number of carboxylic acid groups (broad SMARTS) is 3. The molecule has 15 N–H and O–H groups in total. The smallest absolute Gasteiger partial charge is 0.326 e. The molecule has 60 heavy (non-hydrogen) atoms. The molecule has 0 saturated heterocycles. The summed E-state index contributed by atoms with van der Waals surface area (Å²) in [6, 6.07) is -5.28. The molecular weight excluding hydrogens is 813 g/mol. The number of aliphatic carboxylic acids is 3. The first kappa shape index (κ1) is 52.5. The first-order valence-corrected chi connectivity index (χ1v) is 20.5. The summed E-state index contributed by atoms with van der Waals surface area (Å²) in [7, 11) is 0. The predicted octanol–water partition coefficient (Wildman–Crippen LogP) is -2.87. The maximum atomic E-state index is 14.0. The van der Waals surface area contributed by atoms with Crippen LogP contribution in [0.15, 0.2) is 24.3 Å². The molecule has 0 saturated carbocycles. The number of phenols is 1. The molecule has 0 radical (unpaired) electrons. The number of carboxylic acids is 3. The molecule has 0 spiro atoms. The lowest BCUT2D eigenvalue weighted by molar-refractivity contribution is -0.143. The number of benzene rings is 1. The van der Waals surface area contributed by atoms with Crippen LogP contribution in [-0.4, -0.2) is 146 Å². The number of nitrogens with two attached hydrogens (primary N) is 2.